The minimum Gasteiger partial charge on any atom is -0.346 e. The first-order valence-electron chi connectivity index (χ1n) is 7.96. The average Bonchev–Trinajstić information content (AvgIpc) is 3.22. The number of hydrogen-bond acceptors (Lipinski definition) is 5. The maximum absolute atomic E-state index is 12.1. The second kappa shape index (κ2) is 7.09. The normalized spacial score (nSPS) is 17.1. The van der Waals surface area contributed by atoms with E-state index in [9.17, 15) is 9.59 Å². The van der Waals surface area contributed by atoms with Gasteiger partial charge < -0.3 is 10.2 Å². The Morgan fingerprint density at radius 1 is 1.42 bits per heavy atom. The Balaban J connectivity index is 1.67. The number of amides is 2. The molecule has 0 spiro atoms. The summed E-state index contributed by atoms with van der Waals surface area (Å²) in [5, 5.41) is 4.82. The lowest BCUT2D eigenvalue weighted by Crippen LogP contribution is -2.29. The Morgan fingerprint density at radius 3 is 2.96 bits per heavy atom. The molecule has 126 valence electrons. The molecule has 1 aliphatic heterocycles. The third kappa shape index (κ3) is 3.62. The van der Waals surface area contributed by atoms with Gasteiger partial charge in [-0.1, -0.05) is 0 Å². The van der Waals surface area contributed by atoms with E-state index in [1.807, 2.05) is 23.3 Å². The van der Waals surface area contributed by atoms with Gasteiger partial charge in [-0.3, -0.25) is 19.6 Å². The maximum atomic E-state index is 12.1. The van der Waals surface area contributed by atoms with Crippen molar-refractivity contribution in [2.75, 3.05) is 6.54 Å². The Morgan fingerprint density at radius 2 is 2.25 bits per heavy atom. The van der Waals surface area contributed by atoms with Crippen molar-refractivity contribution in [2.45, 2.75) is 39.3 Å². The van der Waals surface area contributed by atoms with Gasteiger partial charge >= 0.3 is 0 Å². The third-order valence-electron chi connectivity index (χ3n) is 4.09. The molecule has 0 radical (unpaired) electrons. The first kappa shape index (κ1) is 16.6. The molecule has 1 fully saturated rings. The van der Waals surface area contributed by atoms with E-state index >= 15 is 0 Å². The molecule has 0 aromatic carbocycles. The molecule has 1 aliphatic rings. The van der Waals surface area contributed by atoms with Crippen LogP contribution in [0.1, 0.15) is 52.4 Å². The number of carbonyl (C=O) groups excluding carboxylic acids is 2. The molecule has 0 saturated carbocycles. The molecule has 6 nitrogen and oxygen atoms in total. The summed E-state index contributed by atoms with van der Waals surface area (Å²) < 4.78 is 0. The van der Waals surface area contributed by atoms with E-state index in [1.54, 1.807) is 19.3 Å². The second-order valence-electron chi connectivity index (χ2n) is 5.98. The van der Waals surface area contributed by atoms with E-state index in [0.717, 1.165) is 30.6 Å². The molecule has 2 aromatic rings. The summed E-state index contributed by atoms with van der Waals surface area (Å²) >= 11 is 1.43. The highest BCUT2D eigenvalue weighted by molar-refractivity contribution is 7.12. The van der Waals surface area contributed by atoms with Crippen LogP contribution in [0, 0.1) is 6.92 Å². The summed E-state index contributed by atoms with van der Waals surface area (Å²) in [5.41, 5.74) is 2.57. The van der Waals surface area contributed by atoms with Crippen molar-refractivity contribution in [1.82, 2.24) is 20.2 Å². The molecule has 7 heteroatoms. The standard InChI is InChI=1S/C17H20N4O2S/c1-11-6-16(24-10-11)17(23)19-8-13-7-18-9-14(20-13)15-4-3-5-21(15)12(2)22/h6-7,9-10,15H,3-5,8H2,1-2H3,(H,19,23)/t15-/m1/s1. The molecule has 3 rings (SSSR count). The summed E-state index contributed by atoms with van der Waals surface area (Å²) in [7, 11) is 0. The number of nitrogens with zero attached hydrogens (tertiary/aromatic N) is 3. The molecule has 0 aliphatic carbocycles. The fourth-order valence-electron chi connectivity index (χ4n) is 2.93. The highest BCUT2D eigenvalue weighted by atomic mass is 32.1. The van der Waals surface area contributed by atoms with Gasteiger partial charge in [-0.15, -0.1) is 11.3 Å². The Hall–Kier alpha value is -2.28. The van der Waals surface area contributed by atoms with Crippen molar-refractivity contribution in [1.29, 1.82) is 0 Å². The van der Waals surface area contributed by atoms with Crippen molar-refractivity contribution < 1.29 is 9.59 Å². The molecule has 1 N–H and O–H groups in total. The number of carbonyl (C=O) groups is 2. The summed E-state index contributed by atoms with van der Waals surface area (Å²) in [6.45, 7) is 4.63. The van der Waals surface area contributed by atoms with Crippen LogP contribution in [0.25, 0.3) is 0 Å². The van der Waals surface area contributed by atoms with Gasteiger partial charge in [-0.2, -0.15) is 0 Å². The lowest BCUT2D eigenvalue weighted by Gasteiger charge is -2.22. The summed E-state index contributed by atoms with van der Waals surface area (Å²) in [5.74, 6) is -0.0439. The van der Waals surface area contributed by atoms with Gasteiger partial charge in [0.2, 0.25) is 5.91 Å². The average molecular weight is 344 g/mol. The predicted molar refractivity (Wildman–Crippen MR) is 91.6 cm³/mol. The highest BCUT2D eigenvalue weighted by Gasteiger charge is 2.29. The Kier molecular flexibility index (Phi) is 4.89. The number of likely N-dealkylation sites (tertiary alicyclic amines) is 1. The molecule has 1 atom stereocenters. The summed E-state index contributed by atoms with van der Waals surface area (Å²) in [6, 6.07) is 1.86. The molecular weight excluding hydrogens is 324 g/mol. The molecule has 0 unspecified atom stereocenters. The number of thiophene rings is 1. The zero-order valence-corrected chi connectivity index (χ0v) is 14.6. The van der Waals surface area contributed by atoms with Crippen LogP contribution >= 0.6 is 11.3 Å². The van der Waals surface area contributed by atoms with Crippen LogP contribution in [0.5, 0.6) is 0 Å². The van der Waals surface area contributed by atoms with Crippen LogP contribution in [-0.4, -0.2) is 33.2 Å². The van der Waals surface area contributed by atoms with Crippen LogP contribution in [-0.2, 0) is 11.3 Å². The Labute approximate surface area is 144 Å². The van der Waals surface area contributed by atoms with E-state index in [4.69, 9.17) is 0 Å². The monoisotopic (exact) mass is 344 g/mol. The summed E-state index contributed by atoms with van der Waals surface area (Å²) in [4.78, 5) is 35.2. The van der Waals surface area contributed by atoms with Gasteiger partial charge in [-0.05, 0) is 36.8 Å². The van der Waals surface area contributed by atoms with Crippen molar-refractivity contribution >= 4 is 23.2 Å². The number of aromatic nitrogens is 2. The number of hydrogen-bond donors (Lipinski definition) is 1. The minimum atomic E-state index is -0.105. The minimum absolute atomic E-state index is 0.00871. The zero-order valence-electron chi connectivity index (χ0n) is 13.8. The van der Waals surface area contributed by atoms with Gasteiger partial charge in [0.05, 0.1) is 41.2 Å². The highest BCUT2D eigenvalue weighted by Crippen LogP contribution is 2.30. The molecule has 0 bridgehead atoms. The lowest BCUT2D eigenvalue weighted by atomic mass is 10.1. The topological polar surface area (TPSA) is 75.2 Å². The number of rotatable bonds is 4. The van der Waals surface area contributed by atoms with Crippen molar-refractivity contribution in [3.05, 3.63) is 45.7 Å². The molecule has 24 heavy (non-hydrogen) atoms. The van der Waals surface area contributed by atoms with E-state index in [2.05, 4.69) is 15.3 Å². The van der Waals surface area contributed by atoms with E-state index in [0.29, 0.717) is 17.1 Å². The largest absolute Gasteiger partial charge is 0.346 e. The van der Waals surface area contributed by atoms with Crippen LogP contribution in [0.3, 0.4) is 0 Å². The van der Waals surface area contributed by atoms with Crippen LogP contribution in [0.4, 0.5) is 0 Å². The smallest absolute Gasteiger partial charge is 0.261 e. The molecule has 3 heterocycles. The predicted octanol–water partition coefficient (Wildman–Crippen LogP) is 2.46. The van der Waals surface area contributed by atoms with Gasteiger partial charge in [-0.25, -0.2) is 0 Å². The first-order chi connectivity index (χ1) is 11.5. The van der Waals surface area contributed by atoms with Crippen molar-refractivity contribution in [3.63, 3.8) is 0 Å². The fourth-order valence-corrected chi connectivity index (χ4v) is 3.74. The summed E-state index contributed by atoms with van der Waals surface area (Å²) in [6.07, 6.45) is 5.24. The van der Waals surface area contributed by atoms with Crippen LogP contribution in [0.15, 0.2) is 23.8 Å². The number of nitrogens with one attached hydrogen (secondary N) is 1. The van der Waals surface area contributed by atoms with E-state index < -0.39 is 0 Å². The van der Waals surface area contributed by atoms with Crippen molar-refractivity contribution in [3.8, 4) is 0 Å². The quantitative estimate of drug-likeness (QED) is 0.924. The van der Waals surface area contributed by atoms with E-state index in [1.165, 1.54) is 11.3 Å². The second-order valence-corrected chi connectivity index (χ2v) is 6.89. The third-order valence-corrected chi connectivity index (χ3v) is 5.13. The maximum Gasteiger partial charge on any atom is 0.261 e. The first-order valence-corrected chi connectivity index (χ1v) is 8.84. The van der Waals surface area contributed by atoms with Gasteiger partial charge in [0.25, 0.3) is 5.91 Å². The van der Waals surface area contributed by atoms with Crippen LogP contribution < -0.4 is 5.32 Å². The van der Waals surface area contributed by atoms with Crippen LogP contribution in [0.2, 0.25) is 0 Å². The van der Waals surface area contributed by atoms with Gasteiger partial charge in [0.15, 0.2) is 0 Å². The van der Waals surface area contributed by atoms with E-state index in [-0.39, 0.29) is 17.9 Å². The fraction of sp³-hybridized carbons (Fsp3) is 0.412. The number of aryl methyl sites for hydroxylation is 1. The molecule has 2 aromatic heterocycles. The van der Waals surface area contributed by atoms with Crippen molar-refractivity contribution in [2.24, 2.45) is 0 Å². The lowest BCUT2D eigenvalue weighted by molar-refractivity contribution is -0.129. The van der Waals surface area contributed by atoms with Gasteiger partial charge in [0.1, 0.15) is 0 Å². The molecule has 2 amide bonds. The molecular formula is C17H20N4O2S. The zero-order chi connectivity index (χ0) is 17.1. The van der Waals surface area contributed by atoms with Gasteiger partial charge in [0, 0.05) is 13.5 Å². The SMILES string of the molecule is CC(=O)N1CCC[C@@H]1c1cncc(CNC(=O)c2cc(C)cs2)n1. The Bertz CT molecular complexity index is 759. The molecule has 1 saturated heterocycles.